The minimum atomic E-state index is -4.02. The van der Waals surface area contributed by atoms with Crippen molar-refractivity contribution < 1.29 is 28.0 Å². The second-order valence-corrected chi connectivity index (χ2v) is 9.45. The van der Waals surface area contributed by atoms with Crippen molar-refractivity contribution in [3.8, 4) is 0 Å². The number of Topliss-reactive ketones (excluding diaryl/α,β-unsaturated/α-hetero) is 1. The van der Waals surface area contributed by atoms with E-state index in [4.69, 9.17) is 5.14 Å². The van der Waals surface area contributed by atoms with Crippen molar-refractivity contribution in [2.24, 2.45) is 5.14 Å². The molecule has 1 heterocycles. The largest absolute Gasteiger partial charge is 0.507 e. The van der Waals surface area contributed by atoms with Crippen LogP contribution >= 0.6 is 0 Å². The number of benzene rings is 3. The van der Waals surface area contributed by atoms with Crippen molar-refractivity contribution in [3.05, 3.63) is 105 Å². The zero-order valence-corrected chi connectivity index (χ0v) is 19.1. The Balaban J connectivity index is 1.98. The Labute approximate surface area is 200 Å². The summed E-state index contributed by atoms with van der Waals surface area (Å²) in [6, 6.07) is 15.6. The number of anilines is 1. The van der Waals surface area contributed by atoms with Crippen molar-refractivity contribution in [2.75, 3.05) is 4.90 Å². The smallest absolute Gasteiger partial charge is 0.300 e. The van der Waals surface area contributed by atoms with Crippen LogP contribution in [0.4, 0.5) is 11.4 Å². The molecule has 1 amide bonds. The number of nitrogens with two attached hydrogens (primary N) is 1. The Morgan fingerprint density at radius 2 is 1.60 bits per heavy atom. The molecule has 3 aromatic rings. The van der Waals surface area contributed by atoms with Crippen LogP contribution in [0.1, 0.15) is 22.7 Å². The summed E-state index contributed by atoms with van der Waals surface area (Å²) in [7, 11) is -4.02. The van der Waals surface area contributed by atoms with E-state index in [1.807, 2.05) is 6.92 Å². The highest BCUT2D eigenvalue weighted by Crippen LogP contribution is 2.44. The van der Waals surface area contributed by atoms with Gasteiger partial charge in [-0.1, -0.05) is 42.0 Å². The second kappa shape index (κ2) is 8.78. The summed E-state index contributed by atoms with van der Waals surface area (Å²) in [5.74, 6) is -2.57. The van der Waals surface area contributed by atoms with E-state index in [1.54, 1.807) is 24.3 Å². The Morgan fingerprint density at radius 3 is 2.17 bits per heavy atom. The van der Waals surface area contributed by atoms with E-state index >= 15 is 0 Å². The molecule has 3 aromatic carbocycles. The van der Waals surface area contributed by atoms with Crippen LogP contribution < -0.4 is 10.0 Å². The number of ketones is 1. The van der Waals surface area contributed by atoms with Gasteiger partial charge in [-0.05, 0) is 37.3 Å². The lowest BCUT2D eigenvalue weighted by Crippen LogP contribution is -2.29. The summed E-state index contributed by atoms with van der Waals surface area (Å²) in [5.41, 5.74) is 0.546. The fourth-order valence-corrected chi connectivity index (χ4v) is 4.46. The molecular formula is C24H19N3O7S. The molecule has 0 bridgehead atoms. The third-order valence-electron chi connectivity index (χ3n) is 5.64. The molecule has 1 atom stereocenters. The lowest BCUT2D eigenvalue weighted by Gasteiger charge is -2.25. The number of aliphatic hydroxyl groups is 1. The third kappa shape index (κ3) is 4.29. The van der Waals surface area contributed by atoms with Crippen LogP contribution in [-0.2, 0) is 19.6 Å². The second-order valence-electron chi connectivity index (χ2n) is 7.89. The number of rotatable bonds is 5. The van der Waals surface area contributed by atoms with Gasteiger partial charge in [0.15, 0.2) is 0 Å². The van der Waals surface area contributed by atoms with E-state index in [2.05, 4.69) is 0 Å². The zero-order chi connectivity index (χ0) is 25.5. The van der Waals surface area contributed by atoms with Crippen molar-refractivity contribution in [1.82, 2.24) is 0 Å². The average molecular weight is 493 g/mol. The number of carbonyl (C=O) groups is 2. The zero-order valence-electron chi connectivity index (χ0n) is 18.3. The highest BCUT2D eigenvalue weighted by Gasteiger charge is 2.48. The summed E-state index contributed by atoms with van der Waals surface area (Å²) >= 11 is 0. The number of sulfonamides is 1. The maximum absolute atomic E-state index is 13.2. The van der Waals surface area contributed by atoms with Crippen LogP contribution in [0.2, 0.25) is 0 Å². The fraction of sp³-hybridized carbons (Fsp3) is 0.0833. The van der Waals surface area contributed by atoms with E-state index in [9.17, 15) is 33.2 Å². The molecule has 0 saturated carbocycles. The SMILES string of the molecule is Cc1ccc(C(O)=C2C(=O)C(=O)N(c3ccc(S(N)(=O)=O)cc3)C2c2ccccc2[N+](=O)[O-])cc1. The molecule has 35 heavy (non-hydrogen) atoms. The molecule has 0 radical (unpaired) electrons. The maximum atomic E-state index is 13.2. The Hall–Kier alpha value is -4.35. The lowest BCUT2D eigenvalue weighted by atomic mass is 9.94. The number of nitro benzene ring substituents is 1. The molecule has 178 valence electrons. The molecule has 1 aliphatic rings. The Kier molecular flexibility index (Phi) is 5.97. The summed E-state index contributed by atoms with van der Waals surface area (Å²) in [6.07, 6.45) is 0. The Morgan fingerprint density at radius 1 is 1.00 bits per heavy atom. The van der Waals surface area contributed by atoms with E-state index in [-0.39, 0.29) is 33.0 Å². The highest BCUT2D eigenvalue weighted by atomic mass is 32.2. The van der Waals surface area contributed by atoms with Crippen LogP contribution in [0.15, 0.2) is 83.3 Å². The van der Waals surface area contributed by atoms with Gasteiger partial charge in [-0.25, -0.2) is 13.6 Å². The molecule has 4 rings (SSSR count). The van der Waals surface area contributed by atoms with Gasteiger partial charge in [0.25, 0.3) is 17.4 Å². The van der Waals surface area contributed by atoms with E-state index in [0.29, 0.717) is 0 Å². The normalized spacial score (nSPS) is 17.5. The molecule has 1 aliphatic heterocycles. The molecule has 0 aromatic heterocycles. The molecule has 0 aliphatic carbocycles. The number of primary sulfonamides is 1. The van der Waals surface area contributed by atoms with Gasteiger partial charge in [0.1, 0.15) is 11.8 Å². The van der Waals surface area contributed by atoms with Gasteiger partial charge in [0.05, 0.1) is 21.0 Å². The van der Waals surface area contributed by atoms with Gasteiger partial charge >= 0.3 is 0 Å². The number of nitro groups is 1. The number of hydrogen-bond donors (Lipinski definition) is 2. The first-order chi connectivity index (χ1) is 16.5. The molecule has 1 fully saturated rings. The van der Waals surface area contributed by atoms with Gasteiger partial charge in [-0.15, -0.1) is 0 Å². The average Bonchev–Trinajstić information content (AvgIpc) is 3.09. The first-order valence-electron chi connectivity index (χ1n) is 10.2. The number of amides is 1. The molecule has 3 N–H and O–H groups in total. The summed E-state index contributed by atoms with van der Waals surface area (Å²) < 4.78 is 23.3. The number of para-hydroxylation sites is 1. The molecule has 1 saturated heterocycles. The molecule has 0 spiro atoms. The molecule has 1 unspecified atom stereocenters. The highest BCUT2D eigenvalue weighted by molar-refractivity contribution is 7.89. The summed E-state index contributed by atoms with van der Waals surface area (Å²) in [4.78, 5) is 38.2. The van der Waals surface area contributed by atoms with Gasteiger partial charge in [-0.2, -0.15) is 0 Å². The number of carbonyl (C=O) groups excluding carboxylic acids is 2. The van der Waals surface area contributed by atoms with Gasteiger partial charge in [0.2, 0.25) is 10.0 Å². The fourth-order valence-electron chi connectivity index (χ4n) is 3.94. The van der Waals surface area contributed by atoms with Crippen molar-refractivity contribution in [2.45, 2.75) is 17.9 Å². The Bertz CT molecular complexity index is 1490. The minimum Gasteiger partial charge on any atom is -0.507 e. The number of aryl methyl sites for hydroxylation is 1. The predicted molar refractivity (Wildman–Crippen MR) is 127 cm³/mol. The number of nitrogens with zero attached hydrogens (tertiary/aromatic N) is 2. The van der Waals surface area contributed by atoms with Crippen molar-refractivity contribution in [3.63, 3.8) is 0 Å². The van der Waals surface area contributed by atoms with Crippen LogP contribution in [0.25, 0.3) is 5.76 Å². The van der Waals surface area contributed by atoms with Gasteiger partial charge in [0, 0.05) is 17.3 Å². The minimum absolute atomic E-state index is 0.000819. The van der Waals surface area contributed by atoms with Crippen LogP contribution in [0.3, 0.4) is 0 Å². The van der Waals surface area contributed by atoms with Crippen LogP contribution in [-0.4, -0.2) is 30.1 Å². The number of hydrogen-bond acceptors (Lipinski definition) is 7. The topological polar surface area (TPSA) is 161 Å². The van der Waals surface area contributed by atoms with Crippen molar-refractivity contribution in [1.29, 1.82) is 0 Å². The van der Waals surface area contributed by atoms with Gasteiger partial charge in [-0.3, -0.25) is 24.6 Å². The summed E-state index contributed by atoms with van der Waals surface area (Å²) in [5, 5.41) is 28.0. The number of aliphatic hydroxyl groups excluding tert-OH is 1. The van der Waals surface area contributed by atoms with E-state index in [0.717, 1.165) is 22.6 Å². The van der Waals surface area contributed by atoms with Gasteiger partial charge < -0.3 is 5.11 Å². The standard InChI is InChI=1S/C24H19N3O7S/c1-14-6-8-15(9-7-14)22(28)20-21(18-4-2-3-5-19(18)27(31)32)26(24(30)23(20)29)16-10-12-17(13-11-16)35(25,33)34/h2-13,21,28H,1H3,(H2,25,33,34). The van der Waals surface area contributed by atoms with E-state index in [1.165, 1.54) is 36.4 Å². The first kappa shape index (κ1) is 23.8. The lowest BCUT2D eigenvalue weighted by molar-refractivity contribution is -0.385. The monoisotopic (exact) mass is 493 g/mol. The van der Waals surface area contributed by atoms with Crippen LogP contribution in [0.5, 0.6) is 0 Å². The first-order valence-corrected chi connectivity index (χ1v) is 11.8. The molecule has 10 nitrogen and oxygen atoms in total. The van der Waals surface area contributed by atoms with Crippen LogP contribution in [0, 0.1) is 17.0 Å². The van der Waals surface area contributed by atoms with Crippen molar-refractivity contribution >= 4 is 38.8 Å². The molecule has 11 heteroatoms. The third-order valence-corrected chi connectivity index (χ3v) is 6.57. The maximum Gasteiger partial charge on any atom is 0.300 e. The summed E-state index contributed by atoms with van der Waals surface area (Å²) in [6.45, 7) is 1.83. The predicted octanol–water partition coefficient (Wildman–Crippen LogP) is 3.18. The quantitative estimate of drug-likeness (QED) is 0.181. The van der Waals surface area contributed by atoms with E-state index < -0.39 is 38.4 Å². The molecular weight excluding hydrogens is 474 g/mol.